The normalized spacial score (nSPS) is 10.9. The molecule has 0 heterocycles. The van der Waals surface area contributed by atoms with Gasteiger partial charge in [-0.25, -0.2) is 0 Å². The summed E-state index contributed by atoms with van der Waals surface area (Å²) in [5.74, 6) is 0.911. The first-order valence-corrected chi connectivity index (χ1v) is 22.6. The number of fused-ring (bicyclic) bond motifs is 4. The van der Waals surface area contributed by atoms with Gasteiger partial charge in [0.2, 0.25) is 0 Å². The van der Waals surface area contributed by atoms with Gasteiger partial charge in [0.25, 0.3) is 0 Å². The van der Waals surface area contributed by atoms with E-state index in [0.717, 1.165) is 11.1 Å². The van der Waals surface area contributed by atoms with Crippen molar-refractivity contribution in [3.63, 3.8) is 0 Å². The predicted octanol–water partition coefficient (Wildman–Crippen LogP) is 9.58. The van der Waals surface area contributed by atoms with Crippen LogP contribution in [0.5, 0.6) is 5.75 Å². The molecular weight excluding hydrogens is 571 g/mol. The van der Waals surface area contributed by atoms with Crippen molar-refractivity contribution in [2.45, 2.75) is 33.5 Å². The molecule has 0 aromatic heterocycles. The van der Waals surface area contributed by atoms with E-state index in [1.165, 1.54) is 30.1 Å². The average Bonchev–Trinajstić information content (AvgIpc) is 3.41. The minimum atomic E-state index is -1.84. The molecule has 0 saturated heterocycles. The SMILES string of the molecule is C[C](C)=[Zr]([Cl])[Cl].C[Si](C)(C)OCOc1c[cH-]c2ccccc12.c1ccc2c(c1)[cH-]c1ccccc12. The molecule has 0 aliphatic carbocycles. The third-order valence-corrected chi connectivity index (χ3v) is 12.6. The van der Waals surface area contributed by atoms with Crippen LogP contribution in [0.4, 0.5) is 0 Å². The third kappa shape index (κ3) is 8.51. The Hall–Kier alpha value is -1.55. The van der Waals surface area contributed by atoms with Gasteiger partial charge in [-0.05, 0) is 19.6 Å². The summed E-state index contributed by atoms with van der Waals surface area (Å²) in [5.41, 5.74) is 0. The van der Waals surface area contributed by atoms with E-state index in [9.17, 15) is 0 Å². The molecule has 0 saturated carbocycles. The standard InChI is InChI=1S/C13H17O2Si.C13H9.C3H6.2ClH.Zr/c1-16(2,3)15-10-14-13-9-8-11-6-4-5-7-12(11)13;1-3-7-12-10(5-1)9-11-6-2-4-8-13(11)12;1-3-2;;;/h4-9H,10H2,1-3H3;1-9H;1-2H3;2*1H;/q2*-1;;;;+2/p-2. The number of hydrogen-bond acceptors (Lipinski definition) is 2. The second kappa shape index (κ2) is 13.1. The van der Waals surface area contributed by atoms with Crippen LogP contribution in [0.2, 0.25) is 19.6 Å². The molecule has 0 amide bonds. The van der Waals surface area contributed by atoms with Crippen LogP contribution in [-0.4, -0.2) is 18.3 Å². The molecule has 2 nitrogen and oxygen atoms in total. The molecular formula is C29H32Cl2O2SiZr-2. The maximum Gasteiger partial charge on any atom is 0.188 e. The topological polar surface area (TPSA) is 18.5 Å². The van der Waals surface area contributed by atoms with Crippen LogP contribution in [0.15, 0.2) is 91.0 Å². The van der Waals surface area contributed by atoms with Crippen molar-refractivity contribution in [3.8, 4) is 5.75 Å². The zero-order valence-electron chi connectivity index (χ0n) is 20.9. The molecule has 5 rings (SSSR count). The Morgan fingerprint density at radius 2 is 1.23 bits per heavy atom. The van der Waals surface area contributed by atoms with E-state index in [4.69, 9.17) is 26.2 Å². The van der Waals surface area contributed by atoms with Crippen molar-refractivity contribution in [2.24, 2.45) is 0 Å². The fourth-order valence-electron chi connectivity index (χ4n) is 3.42. The number of hydrogen-bond donors (Lipinski definition) is 0. The number of ether oxygens (including phenoxy) is 1. The van der Waals surface area contributed by atoms with E-state index in [-0.39, 0.29) is 0 Å². The maximum absolute atomic E-state index is 5.67. The first-order valence-electron chi connectivity index (χ1n) is 11.6. The van der Waals surface area contributed by atoms with E-state index in [0.29, 0.717) is 6.79 Å². The van der Waals surface area contributed by atoms with Crippen LogP contribution in [0.3, 0.4) is 0 Å². The van der Waals surface area contributed by atoms with Gasteiger partial charge < -0.3 is 9.16 Å². The predicted molar refractivity (Wildman–Crippen MR) is 155 cm³/mol. The van der Waals surface area contributed by atoms with E-state index in [2.05, 4.69) is 92.4 Å². The van der Waals surface area contributed by atoms with Crippen LogP contribution in [0.25, 0.3) is 32.3 Å². The fraction of sp³-hybridized carbons (Fsp3) is 0.207. The Balaban J connectivity index is 0.000000162. The zero-order chi connectivity index (χ0) is 25.4. The summed E-state index contributed by atoms with van der Waals surface area (Å²) in [6, 6.07) is 31.5. The second-order valence-corrected chi connectivity index (χ2v) is 23.3. The molecule has 0 spiro atoms. The van der Waals surface area contributed by atoms with Crippen molar-refractivity contribution in [3.05, 3.63) is 91.0 Å². The van der Waals surface area contributed by atoms with Gasteiger partial charge in [-0.3, -0.25) is 0 Å². The zero-order valence-corrected chi connectivity index (χ0v) is 25.9. The number of benzene rings is 3. The van der Waals surface area contributed by atoms with Crippen LogP contribution < -0.4 is 4.74 Å². The molecule has 0 aliphatic heterocycles. The van der Waals surface area contributed by atoms with Crippen molar-refractivity contribution >= 4 is 60.9 Å². The third-order valence-electron chi connectivity index (χ3n) is 5.25. The summed E-state index contributed by atoms with van der Waals surface area (Å²) in [5, 5.41) is 7.76. The van der Waals surface area contributed by atoms with Gasteiger partial charge in [0.05, 0.1) is 0 Å². The van der Waals surface area contributed by atoms with Gasteiger partial charge in [-0.15, -0.1) is 75.5 Å². The van der Waals surface area contributed by atoms with Gasteiger partial charge in [0.15, 0.2) is 15.1 Å². The molecule has 0 N–H and O–H groups in total. The van der Waals surface area contributed by atoms with E-state index in [1.54, 1.807) is 0 Å². The van der Waals surface area contributed by atoms with Crippen LogP contribution in [0.1, 0.15) is 13.8 Å². The fourth-order valence-corrected chi connectivity index (χ4v) is 3.83. The van der Waals surface area contributed by atoms with Crippen molar-refractivity contribution < 1.29 is 28.0 Å². The van der Waals surface area contributed by atoms with Crippen LogP contribution in [-0.2, 0) is 23.3 Å². The Labute approximate surface area is 224 Å². The number of halogens is 2. The Kier molecular flexibility index (Phi) is 10.5. The Morgan fingerprint density at radius 3 is 1.71 bits per heavy atom. The smallest absolute Gasteiger partial charge is 0.188 e. The molecule has 0 aliphatic rings. The van der Waals surface area contributed by atoms with Gasteiger partial charge in [-0.1, -0.05) is 47.9 Å². The van der Waals surface area contributed by atoms with Crippen molar-refractivity contribution in [1.82, 2.24) is 0 Å². The van der Waals surface area contributed by atoms with Crippen molar-refractivity contribution in [2.75, 3.05) is 6.79 Å². The Bertz CT molecular complexity index is 1340. The van der Waals surface area contributed by atoms with Gasteiger partial charge in [-0.2, -0.15) is 0 Å². The monoisotopic (exact) mass is 600 g/mol. The summed E-state index contributed by atoms with van der Waals surface area (Å²) in [6.07, 6.45) is 0. The maximum atomic E-state index is 5.67. The van der Waals surface area contributed by atoms with Crippen molar-refractivity contribution in [1.29, 1.82) is 0 Å². The quantitative estimate of drug-likeness (QED) is 0.116. The minimum absolute atomic E-state index is 0.351. The first kappa shape index (κ1) is 28.0. The molecule has 5 aromatic rings. The van der Waals surface area contributed by atoms with Crippen LogP contribution >= 0.6 is 17.0 Å². The molecule has 5 aromatic carbocycles. The summed E-state index contributed by atoms with van der Waals surface area (Å²) in [7, 11) is 9.59. The van der Waals surface area contributed by atoms with Gasteiger partial charge >= 0.3 is 53.0 Å². The summed E-state index contributed by atoms with van der Waals surface area (Å²) >= 11 is -1.84. The molecule has 184 valence electrons. The number of rotatable bonds is 4. The van der Waals surface area contributed by atoms with Gasteiger partial charge in [0, 0.05) is 5.75 Å². The van der Waals surface area contributed by atoms with Crippen LogP contribution in [0, 0.1) is 0 Å². The summed E-state index contributed by atoms with van der Waals surface area (Å²) in [6.45, 7) is 10.8. The van der Waals surface area contributed by atoms with E-state index < -0.39 is 27.2 Å². The molecule has 6 heteroatoms. The van der Waals surface area contributed by atoms with Gasteiger partial charge in [0.1, 0.15) is 0 Å². The summed E-state index contributed by atoms with van der Waals surface area (Å²) < 4.78 is 12.6. The molecule has 0 radical (unpaired) electrons. The molecule has 0 unspecified atom stereocenters. The largest absolute Gasteiger partial charge is 0.522 e. The first-order chi connectivity index (χ1) is 16.7. The molecule has 0 fully saturated rings. The molecule has 35 heavy (non-hydrogen) atoms. The Morgan fingerprint density at radius 1 is 0.771 bits per heavy atom. The summed E-state index contributed by atoms with van der Waals surface area (Å²) in [4.78, 5) is 0. The second-order valence-electron chi connectivity index (χ2n) is 9.38. The molecule has 0 atom stereocenters. The van der Waals surface area contributed by atoms with E-state index >= 15 is 0 Å². The average molecular weight is 603 g/mol. The van der Waals surface area contributed by atoms with E-state index in [1.807, 2.05) is 32.0 Å². The molecule has 0 bridgehead atoms. The minimum Gasteiger partial charge on any atom is -0.522 e.